The Morgan fingerprint density at radius 1 is 1.37 bits per heavy atom. The lowest BCUT2D eigenvalue weighted by Crippen LogP contribution is -2.31. The van der Waals surface area contributed by atoms with Gasteiger partial charge in [0.05, 0.1) is 17.6 Å². The zero-order valence-corrected chi connectivity index (χ0v) is 17.3. The highest BCUT2D eigenvalue weighted by molar-refractivity contribution is 7.19. The molecular formula is C19H25N5O2S. The third kappa shape index (κ3) is 3.10. The summed E-state index contributed by atoms with van der Waals surface area (Å²) >= 11 is 1.65. The molecule has 0 fully saturated rings. The first-order valence-corrected chi connectivity index (χ1v) is 10.2. The second kappa shape index (κ2) is 6.53. The van der Waals surface area contributed by atoms with Gasteiger partial charge < -0.3 is 9.64 Å². The molecule has 0 spiro atoms. The molecule has 0 aromatic carbocycles. The minimum absolute atomic E-state index is 0.146. The molecule has 27 heavy (non-hydrogen) atoms. The van der Waals surface area contributed by atoms with Gasteiger partial charge in [0.1, 0.15) is 10.7 Å². The number of hydrogen-bond acceptors (Lipinski definition) is 6. The topological polar surface area (TPSA) is 72.6 Å². The van der Waals surface area contributed by atoms with E-state index in [-0.39, 0.29) is 17.3 Å². The van der Waals surface area contributed by atoms with Crippen LogP contribution in [0.4, 0.5) is 0 Å². The number of thiophene rings is 1. The largest absolute Gasteiger partial charge is 0.370 e. The fraction of sp³-hybridized carbons (Fsp3) is 0.579. The van der Waals surface area contributed by atoms with Crippen molar-refractivity contribution < 1.29 is 9.53 Å². The average molecular weight is 388 g/mol. The minimum Gasteiger partial charge on any atom is -0.370 e. The van der Waals surface area contributed by atoms with Crippen LogP contribution >= 0.6 is 11.3 Å². The first-order chi connectivity index (χ1) is 12.8. The number of hydrogen-bond donors (Lipinski definition) is 0. The van der Waals surface area contributed by atoms with E-state index in [2.05, 4.69) is 30.9 Å². The normalized spacial score (nSPS) is 16.0. The standard InChI is InChI=1S/C19H25N5O2S/c1-6-7-8-23(5)18(25)15-21-16-14-12-9-19(3,4)26-10-13(12)27-17(14)20-11(2)24(16)22-15/h6-10H2,1-5H3. The Morgan fingerprint density at radius 3 is 2.89 bits per heavy atom. The molecule has 7 nitrogen and oxygen atoms in total. The third-order valence-electron chi connectivity index (χ3n) is 5.05. The monoisotopic (exact) mass is 387 g/mol. The van der Waals surface area contributed by atoms with Crippen LogP contribution in [0, 0.1) is 6.92 Å². The smallest absolute Gasteiger partial charge is 0.293 e. The summed E-state index contributed by atoms with van der Waals surface area (Å²) in [5.41, 5.74) is 1.73. The zero-order chi connectivity index (χ0) is 19.3. The Kier molecular flexibility index (Phi) is 4.43. The lowest BCUT2D eigenvalue weighted by molar-refractivity contribution is -0.0379. The molecule has 1 amide bonds. The molecule has 0 atom stereocenters. The molecule has 0 radical (unpaired) electrons. The second-order valence-corrected chi connectivity index (χ2v) is 8.90. The number of rotatable bonds is 4. The Morgan fingerprint density at radius 2 is 2.15 bits per heavy atom. The van der Waals surface area contributed by atoms with Crippen LogP contribution in [-0.4, -0.2) is 49.6 Å². The molecule has 0 bridgehead atoms. The van der Waals surface area contributed by atoms with Gasteiger partial charge in [-0.1, -0.05) is 13.3 Å². The highest BCUT2D eigenvalue weighted by Crippen LogP contribution is 2.39. The van der Waals surface area contributed by atoms with Gasteiger partial charge in [0.2, 0.25) is 5.82 Å². The average Bonchev–Trinajstić information content (AvgIpc) is 3.19. The van der Waals surface area contributed by atoms with Crippen LogP contribution in [0.2, 0.25) is 0 Å². The number of unbranched alkanes of at least 4 members (excludes halogenated alkanes) is 1. The van der Waals surface area contributed by atoms with E-state index in [1.807, 2.05) is 6.92 Å². The van der Waals surface area contributed by atoms with Crippen LogP contribution in [0.25, 0.3) is 15.9 Å². The predicted octanol–water partition coefficient (Wildman–Crippen LogP) is 3.37. The van der Waals surface area contributed by atoms with Gasteiger partial charge >= 0.3 is 0 Å². The van der Waals surface area contributed by atoms with Crippen LogP contribution < -0.4 is 0 Å². The second-order valence-electron chi connectivity index (χ2n) is 7.82. The Hall–Kier alpha value is -2.06. The van der Waals surface area contributed by atoms with Crippen molar-refractivity contribution in [2.24, 2.45) is 0 Å². The molecule has 8 heteroatoms. The van der Waals surface area contributed by atoms with E-state index in [1.54, 1.807) is 27.8 Å². The number of fused-ring (bicyclic) bond motifs is 5. The molecule has 0 aliphatic carbocycles. The highest BCUT2D eigenvalue weighted by atomic mass is 32.1. The minimum atomic E-state index is -0.220. The third-order valence-corrected chi connectivity index (χ3v) is 6.15. The number of amides is 1. The van der Waals surface area contributed by atoms with Crippen LogP contribution in [-0.2, 0) is 17.8 Å². The number of aromatic nitrogens is 4. The van der Waals surface area contributed by atoms with Crippen molar-refractivity contribution in [1.82, 2.24) is 24.5 Å². The van der Waals surface area contributed by atoms with Gasteiger partial charge in [-0.25, -0.2) is 9.97 Å². The fourth-order valence-electron chi connectivity index (χ4n) is 3.50. The van der Waals surface area contributed by atoms with Crippen molar-refractivity contribution in [2.45, 2.75) is 59.2 Å². The maximum Gasteiger partial charge on any atom is 0.293 e. The van der Waals surface area contributed by atoms with E-state index in [0.717, 1.165) is 41.0 Å². The Bertz CT molecular complexity index is 1040. The van der Waals surface area contributed by atoms with Gasteiger partial charge in [-0.2, -0.15) is 4.52 Å². The van der Waals surface area contributed by atoms with Crippen molar-refractivity contribution in [1.29, 1.82) is 0 Å². The van der Waals surface area contributed by atoms with Crippen molar-refractivity contribution >= 4 is 33.1 Å². The number of carbonyl (C=O) groups excluding carboxylic acids is 1. The van der Waals surface area contributed by atoms with E-state index in [4.69, 9.17) is 9.72 Å². The van der Waals surface area contributed by atoms with Crippen molar-refractivity contribution in [2.75, 3.05) is 13.6 Å². The summed E-state index contributed by atoms with van der Waals surface area (Å²) in [4.78, 5) is 25.9. The zero-order valence-electron chi connectivity index (χ0n) is 16.5. The first-order valence-electron chi connectivity index (χ1n) is 9.38. The van der Waals surface area contributed by atoms with E-state index >= 15 is 0 Å². The molecule has 0 N–H and O–H groups in total. The van der Waals surface area contributed by atoms with E-state index in [0.29, 0.717) is 13.2 Å². The maximum atomic E-state index is 12.7. The highest BCUT2D eigenvalue weighted by Gasteiger charge is 2.31. The summed E-state index contributed by atoms with van der Waals surface area (Å²) in [5.74, 6) is 0.823. The summed E-state index contributed by atoms with van der Waals surface area (Å²) in [6.45, 7) is 9.50. The summed E-state index contributed by atoms with van der Waals surface area (Å²) in [6.07, 6.45) is 2.81. The quantitative estimate of drug-likeness (QED) is 0.686. The number of aryl methyl sites for hydroxylation is 1. The van der Waals surface area contributed by atoms with Crippen molar-refractivity contribution in [3.63, 3.8) is 0 Å². The summed E-state index contributed by atoms with van der Waals surface area (Å²) in [5, 5.41) is 5.50. The number of ether oxygens (including phenoxy) is 1. The Labute approximate surface area is 162 Å². The van der Waals surface area contributed by atoms with Crippen LogP contribution in [0.15, 0.2) is 0 Å². The van der Waals surface area contributed by atoms with Crippen LogP contribution in [0.1, 0.15) is 60.5 Å². The maximum absolute atomic E-state index is 12.7. The lowest BCUT2D eigenvalue weighted by atomic mass is 9.94. The number of carbonyl (C=O) groups is 1. The molecule has 0 saturated carbocycles. The molecule has 1 aliphatic heterocycles. The molecule has 4 heterocycles. The van der Waals surface area contributed by atoms with Gasteiger partial charge in [-0.15, -0.1) is 16.4 Å². The van der Waals surface area contributed by atoms with Crippen LogP contribution in [0.5, 0.6) is 0 Å². The molecule has 1 aliphatic rings. The summed E-state index contributed by atoms with van der Waals surface area (Å²) in [6, 6.07) is 0. The van der Waals surface area contributed by atoms with E-state index in [9.17, 15) is 4.79 Å². The lowest BCUT2D eigenvalue weighted by Gasteiger charge is -2.30. The van der Waals surface area contributed by atoms with Crippen LogP contribution in [0.3, 0.4) is 0 Å². The molecule has 3 aromatic heterocycles. The van der Waals surface area contributed by atoms with Crippen molar-refractivity contribution in [3.8, 4) is 0 Å². The molecule has 0 saturated heterocycles. The van der Waals surface area contributed by atoms with Gasteiger partial charge in [-0.3, -0.25) is 4.79 Å². The molecule has 4 rings (SSSR count). The SMILES string of the molecule is CCCCN(C)C(=O)c1nc2c3c4c(sc3nc(C)n2n1)COC(C)(C)C4. The molecule has 144 valence electrons. The first kappa shape index (κ1) is 18.3. The van der Waals surface area contributed by atoms with Gasteiger partial charge in [0, 0.05) is 24.9 Å². The molecule has 3 aromatic rings. The van der Waals surface area contributed by atoms with Gasteiger partial charge in [-0.05, 0) is 32.8 Å². The van der Waals surface area contributed by atoms with E-state index < -0.39 is 0 Å². The Balaban J connectivity index is 1.85. The number of nitrogens with zero attached hydrogens (tertiary/aromatic N) is 5. The van der Waals surface area contributed by atoms with Gasteiger partial charge in [0.25, 0.3) is 5.91 Å². The predicted molar refractivity (Wildman–Crippen MR) is 105 cm³/mol. The van der Waals surface area contributed by atoms with Gasteiger partial charge in [0.15, 0.2) is 5.65 Å². The van der Waals surface area contributed by atoms with Crippen molar-refractivity contribution in [3.05, 3.63) is 22.1 Å². The summed E-state index contributed by atoms with van der Waals surface area (Å²) < 4.78 is 7.66. The van der Waals surface area contributed by atoms with E-state index in [1.165, 1.54) is 10.4 Å². The molecule has 0 unspecified atom stereocenters. The molecular weight excluding hydrogens is 362 g/mol. The summed E-state index contributed by atoms with van der Waals surface area (Å²) in [7, 11) is 1.80. The fourth-order valence-corrected chi connectivity index (χ4v) is 4.64.